The summed E-state index contributed by atoms with van der Waals surface area (Å²) in [5.41, 5.74) is 0. The van der Waals surface area contributed by atoms with Crippen molar-refractivity contribution in [3.63, 3.8) is 0 Å². The maximum Gasteiger partial charge on any atom is 0.291 e. The quantitative estimate of drug-likeness (QED) is 0.671. The Morgan fingerprint density at radius 2 is 1.20 bits per heavy atom. The van der Waals surface area contributed by atoms with Crippen molar-refractivity contribution < 1.29 is 14.7 Å². The van der Waals surface area contributed by atoms with Crippen LogP contribution in [0.1, 0.15) is 41.5 Å². The third-order valence-corrected chi connectivity index (χ3v) is 7.86. The molecule has 0 aromatic heterocycles. The highest BCUT2D eigenvalue weighted by Gasteiger charge is 2.27. The lowest BCUT2D eigenvalue weighted by Crippen LogP contribution is -2.41. The largest absolute Gasteiger partial charge is 0.328 e. The smallest absolute Gasteiger partial charge is 0.291 e. The fraction of sp³-hybridized carbons (Fsp3) is 1.00. The van der Waals surface area contributed by atoms with Gasteiger partial charge in [-0.1, -0.05) is 13.8 Å². The van der Waals surface area contributed by atoms with Gasteiger partial charge in [0.1, 0.15) is 0 Å². The van der Waals surface area contributed by atoms with Crippen molar-refractivity contribution in [1.82, 2.24) is 4.31 Å². The molecule has 0 saturated heterocycles. The summed E-state index contributed by atoms with van der Waals surface area (Å²) in [7, 11) is -0.880. The SMILES string of the molecule is CC(C)N(C(C)C)S(C(C)C)=P(O)(O)O. The molecule has 0 aliphatic rings. The molecule has 4 nitrogen and oxygen atoms in total. The molecule has 3 N–H and O–H groups in total. The molecule has 94 valence electrons. The Kier molecular flexibility index (Phi) is 6.04. The molecule has 0 rings (SSSR count). The van der Waals surface area contributed by atoms with Gasteiger partial charge in [-0.15, -0.1) is 0 Å². The van der Waals surface area contributed by atoms with Crippen LogP contribution in [0.2, 0.25) is 0 Å². The Balaban J connectivity index is 5.44. The summed E-state index contributed by atoms with van der Waals surface area (Å²) in [5.74, 6) is 0. The lowest BCUT2D eigenvalue weighted by atomic mass is 10.3. The third-order valence-electron chi connectivity index (χ3n) is 1.91. The first-order valence-corrected chi connectivity index (χ1v) is 8.68. The van der Waals surface area contributed by atoms with Crippen molar-refractivity contribution in [3.8, 4) is 0 Å². The molecular formula is C9H24NO3PS. The highest BCUT2D eigenvalue weighted by atomic mass is 32.5. The topological polar surface area (TPSA) is 63.9 Å². The maximum atomic E-state index is 9.51. The minimum atomic E-state index is -3.79. The van der Waals surface area contributed by atoms with Crippen molar-refractivity contribution in [2.24, 2.45) is 0 Å². The predicted molar refractivity (Wildman–Crippen MR) is 68.2 cm³/mol. The van der Waals surface area contributed by atoms with E-state index in [1.54, 1.807) is 0 Å². The molecule has 0 aliphatic carbocycles. The van der Waals surface area contributed by atoms with Crippen LogP contribution in [0.5, 0.6) is 0 Å². The predicted octanol–water partition coefficient (Wildman–Crippen LogP) is 1.70. The Hall–Kier alpha value is 0.620. The molecule has 1 atom stereocenters. The van der Waals surface area contributed by atoms with E-state index in [2.05, 4.69) is 0 Å². The third kappa shape index (κ3) is 4.55. The molecule has 0 amide bonds. The van der Waals surface area contributed by atoms with Crippen molar-refractivity contribution >= 4 is 17.0 Å². The Morgan fingerprint density at radius 1 is 0.867 bits per heavy atom. The van der Waals surface area contributed by atoms with Crippen LogP contribution in [0.15, 0.2) is 0 Å². The molecule has 0 aromatic rings. The van der Waals surface area contributed by atoms with E-state index in [0.717, 1.165) is 0 Å². The highest BCUT2D eigenvalue weighted by molar-refractivity contribution is 8.26. The summed E-state index contributed by atoms with van der Waals surface area (Å²) in [6, 6.07) is 0.364. The second kappa shape index (κ2) is 5.80. The first-order chi connectivity index (χ1) is 6.59. The summed E-state index contributed by atoms with van der Waals surface area (Å²) in [4.78, 5) is 28.5. The minimum absolute atomic E-state index is 0.0307. The monoisotopic (exact) mass is 257 g/mol. The van der Waals surface area contributed by atoms with Crippen LogP contribution >= 0.6 is 6.72 Å². The van der Waals surface area contributed by atoms with Crippen LogP contribution in [0.3, 0.4) is 0 Å². The van der Waals surface area contributed by atoms with Crippen LogP contribution in [-0.4, -0.2) is 36.3 Å². The maximum absolute atomic E-state index is 9.51. The van der Waals surface area contributed by atoms with Gasteiger partial charge in [-0.05, 0) is 38.0 Å². The van der Waals surface area contributed by atoms with Crippen molar-refractivity contribution in [2.45, 2.75) is 58.9 Å². The van der Waals surface area contributed by atoms with Gasteiger partial charge in [-0.3, -0.25) is 0 Å². The average Bonchev–Trinajstić information content (AvgIpc) is 1.94. The summed E-state index contributed by atoms with van der Waals surface area (Å²) < 4.78 is 1.98. The van der Waals surface area contributed by atoms with E-state index in [9.17, 15) is 14.7 Å². The van der Waals surface area contributed by atoms with Crippen LogP contribution in [0.4, 0.5) is 0 Å². The number of hydrogen-bond acceptors (Lipinski definition) is 0. The van der Waals surface area contributed by atoms with Gasteiger partial charge in [-0.25, -0.2) is 4.31 Å². The fourth-order valence-corrected chi connectivity index (χ4v) is 7.44. The van der Waals surface area contributed by atoms with E-state index in [1.807, 2.05) is 45.8 Å². The van der Waals surface area contributed by atoms with Crippen molar-refractivity contribution in [1.29, 1.82) is 0 Å². The molecule has 0 heterocycles. The standard InChI is InChI=1S/C9H24NO3PS/c1-7(2)10(8(3)4)15(9(5)6)14(11,12)13/h7-9,11-13H,1-6H3. The van der Waals surface area contributed by atoms with Gasteiger partial charge in [0.05, 0.1) is 0 Å². The summed E-state index contributed by atoms with van der Waals surface area (Å²) in [6.07, 6.45) is 0. The molecule has 0 fully saturated rings. The zero-order valence-electron chi connectivity index (χ0n) is 10.4. The lowest BCUT2D eigenvalue weighted by Gasteiger charge is -2.37. The number of nitrogens with zero attached hydrogens (tertiary/aromatic N) is 1. The molecule has 0 radical (unpaired) electrons. The van der Waals surface area contributed by atoms with E-state index in [4.69, 9.17) is 0 Å². The molecule has 0 spiro atoms. The van der Waals surface area contributed by atoms with Gasteiger partial charge in [0, 0.05) is 17.3 Å². The van der Waals surface area contributed by atoms with E-state index in [-0.39, 0.29) is 17.3 Å². The van der Waals surface area contributed by atoms with Crippen molar-refractivity contribution in [2.75, 3.05) is 0 Å². The zero-order valence-corrected chi connectivity index (χ0v) is 12.1. The van der Waals surface area contributed by atoms with Crippen LogP contribution in [-0.2, 0) is 10.3 Å². The second-order valence-corrected chi connectivity index (χ2v) is 9.97. The molecule has 0 bridgehead atoms. The second-order valence-electron chi connectivity index (χ2n) is 4.40. The van der Waals surface area contributed by atoms with Gasteiger partial charge in [0.2, 0.25) is 0 Å². The Morgan fingerprint density at radius 3 is 1.27 bits per heavy atom. The lowest BCUT2D eigenvalue weighted by molar-refractivity contribution is 0.322. The van der Waals surface area contributed by atoms with Gasteiger partial charge in [0.25, 0.3) is 6.72 Å². The van der Waals surface area contributed by atoms with E-state index in [1.165, 1.54) is 0 Å². The van der Waals surface area contributed by atoms with Gasteiger partial charge in [0.15, 0.2) is 0 Å². The molecule has 0 aliphatic heterocycles. The van der Waals surface area contributed by atoms with Crippen LogP contribution in [0, 0.1) is 0 Å². The molecule has 0 saturated carbocycles. The molecule has 15 heavy (non-hydrogen) atoms. The highest BCUT2D eigenvalue weighted by Crippen LogP contribution is 2.41. The molecular weight excluding hydrogens is 233 g/mol. The fourth-order valence-electron chi connectivity index (χ4n) is 1.68. The summed E-state index contributed by atoms with van der Waals surface area (Å²) in [5, 5.41) is 0.0307. The van der Waals surface area contributed by atoms with Crippen molar-refractivity contribution in [3.05, 3.63) is 0 Å². The van der Waals surface area contributed by atoms with Crippen LogP contribution < -0.4 is 0 Å². The van der Waals surface area contributed by atoms with E-state index in [0.29, 0.717) is 0 Å². The zero-order chi connectivity index (χ0) is 12.4. The number of hydrogen-bond donors (Lipinski definition) is 3. The summed E-state index contributed by atoms with van der Waals surface area (Å²) >= 11 is 0. The van der Waals surface area contributed by atoms with E-state index < -0.39 is 17.0 Å². The number of rotatable bonds is 4. The Labute approximate surface area is 95.3 Å². The first-order valence-electron chi connectivity index (χ1n) is 5.18. The molecule has 6 heteroatoms. The van der Waals surface area contributed by atoms with Gasteiger partial charge in [-0.2, -0.15) is 0 Å². The van der Waals surface area contributed by atoms with Crippen LogP contribution in [0.25, 0.3) is 0 Å². The van der Waals surface area contributed by atoms with E-state index >= 15 is 0 Å². The minimum Gasteiger partial charge on any atom is -0.328 e. The first kappa shape index (κ1) is 15.6. The van der Waals surface area contributed by atoms with Gasteiger partial charge >= 0.3 is 0 Å². The molecule has 1 unspecified atom stereocenters. The van der Waals surface area contributed by atoms with Gasteiger partial charge < -0.3 is 14.7 Å². The summed E-state index contributed by atoms with van der Waals surface area (Å²) in [6.45, 7) is 8.00. The normalized spacial score (nSPS) is 15.8. The average molecular weight is 257 g/mol. The molecule has 0 aromatic carbocycles. The Bertz CT molecular complexity index is 244.